The van der Waals surface area contributed by atoms with Gasteiger partial charge in [0.15, 0.2) is 0 Å². The molecular formula is C20H32N4OS. The number of nitrogens with one attached hydrogen (secondary N) is 1. The van der Waals surface area contributed by atoms with E-state index in [1.54, 1.807) is 22.2 Å². The van der Waals surface area contributed by atoms with E-state index in [9.17, 15) is 4.79 Å². The lowest BCUT2D eigenvalue weighted by atomic mass is 9.93. The van der Waals surface area contributed by atoms with E-state index in [1.807, 2.05) is 0 Å². The minimum atomic E-state index is 0.161. The summed E-state index contributed by atoms with van der Waals surface area (Å²) >= 11 is 1.72. The van der Waals surface area contributed by atoms with Crippen LogP contribution < -0.4 is 10.9 Å². The zero-order valence-corrected chi connectivity index (χ0v) is 17.2. The van der Waals surface area contributed by atoms with Gasteiger partial charge in [0.2, 0.25) is 0 Å². The molecule has 26 heavy (non-hydrogen) atoms. The largest absolute Gasteiger partial charge is 0.312 e. The maximum absolute atomic E-state index is 12.9. The number of aryl methyl sites for hydroxylation is 2. The molecule has 1 unspecified atom stereocenters. The quantitative estimate of drug-likeness (QED) is 0.731. The van der Waals surface area contributed by atoms with E-state index in [4.69, 9.17) is 0 Å². The second-order valence-electron chi connectivity index (χ2n) is 7.20. The minimum absolute atomic E-state index is 0.161. The molecule has 0 fully saturated rings. The summed E-state index contributed by atoms with van der Waals surface area (Å²) in [6.45, 7) is 11.7. The number of fused-ring (bicyclic) bond motifs is 3. The van der Waals surface area contributed by atoms with Crippen molar-refractivity contribution in [3.63, 3.8) is 0 Å². The standard InChI is InChI=1S/C20H32N4OS/c1-4-7-11-24-14-22-19-18(20(24)25)16-9-8-15(13-17(16)26-19)21-10-12-23(5-2)6-3/h14-15,21H,4-13H2,1-3H3. The summed E-state index contributed by atoms with van der Waals surface area (Å²) in [6.07, 6.45) is 6.99. The molecule has 0 aromatic carbocycles. The van der Waals surface area contributed by atoms with Crippen LogP contribution in [0.15, 0.2) is 11.1 Å². The van der Waals surface area contributed by atoms with Crippen molar-refractivity contribution in [3.05, 3.63) is 27.1 Å². The zero-order chi connectivity index (χ0) is 18.5. The molecule has 6 heteroatoms. The topological polar surface area (TPSA) is 50.2 Å². The first kappa shape index (κ1) is 19.5. The molecule has 144 valence electrons. The third-order valence-corrected chi connectivity index (χ3v) is 6.71. The number of thiophene rings is 1. The highest BCUT2D eigenvalue weighted by atomic mass is 32.1. The summed E-state index contributed by atoms with van der Waals surface area (Å²) in [4.78, 5) is 22.2. The van der Waals surface area contributed by atoms with Crippen molar-refractivity contribution < 1.29 is 0 Å². The highest BCUT2D eigenvalue weighted by Crippen LogP contribution is 2.33. The maximum atomic E-state index is 12.9. The van der Waals surface area contributed by atoms with E-state index in [2.05, 4.69) is 36.0 Å². The predicted molar refractivity (Wildman–Crippen MR) is 110 cm³/mol. The van der Waals surface area contributed by atoms with E-state index in [0.717, 1.165) is 75.0 Å². The number of hydrogen-bond acceptors (Lipinski definition) is 5. The number of aromatic nitrogens is 2. The Morgan fingerprint density at radius 3 is 2.88 bits per heavy atom. The van der Waals surface area contributed by atoms with Gasteiger partial charge >= 0.3 is 0 Å². The average molecular weight is 377 g/mol. The molecule has 0 saturated heterocycles. The van der Waals surface area contributed by atoms with Crippen LogP contribution in [0.1, 0.15) is 50.5 Å². The normalized spacial score (nSPS) is 17.2. The summed E-state index contributed by atoms with van der Waals surface area (Å²) in [6, 6.07) is 0.522. The predicted octanol–water partition coefficient (Wildman–Crippen LogP) is 3.05. The van der Waals surface area contributed by atoms with Gasteiger partial charge in [-0.1, -0.05) is 27.2 Å². The van der Waals surface area contributed by atoms with Crippen LogP contribution in [0.4, 0.5) is 0 Å². The van der Waals surface area contributed by atoms with Gasteiger partial charge in [-0.15, -0.1) is 11.3 Å². The Balaban J connectivity index is 1.71. The molecule has 1 N–H and O–H groups in total. The summed E-state index contributed by atoms with van der Waals surface area (Å²) < 4.78 is 1.80. The van der Waals surface area contributed by atoms with Gasteiger partial charge in [-0.05, 0) is 44.3 Å². The second kappa shape index (κ2) is 9.11. The SMILES string of the molecule is CCCCn1cnc2sc3c(c2c1=O)CCC(NCCN(CC)CC)C3. The molecule has 0 aliphatic heterocycles. The van der Waals surface area contributed by atoms with Gasteiger partial charge in [-0.25, -0.2) is 4.98 Å². The van der Waals surface area contributed by atoms with Crippen molar-refractivity contribution >= 4 is 21.6 Å². The van der Waals surface area contributed by atoms with Crippen LogP contribution >= 0.6 is 11.3 Å². The Morgan fingerprint density at radius 1 is 1.35 bits per heavy atom. The summed E-state index contributed by atoms with van der Waals surface area (Å²) in [5, 5.41) is 4.61. The fraction of sp³-hybridized carbons (Fsp3) is 0.700. The third-order valence-electron chi connectivity index (χ3n) is 5.54. The fourth-order valence-electron chi connectivity index (χ4n) is 3.83. The van der Waals surface area contributed by atoms with Gasteiger partial charge < -0.3 is 10.2 Å². The maximum Gasteiger partial charge on any atom is 0.262 e. The van der Waals surface area contributed by atoms with Crippen molar-refractivity contribution in [2.75, 3.05) is 26.2 Å². The molecule has 1 aliphatic rings. The average Bonchev–Trinajstić information content (AvgIpc) is 3.03. The molecule has 0 saturated carbocycles. The van der Waals surface area contributed by atoms with E-state index >= 15 is 0 Å². The Kier molecular flexibility index (Phi) is 6.84. The zero-order valence-electron chi connectivity index (χ0n) is 16.4. The molecule has 3 rings (SSSR count). The molecule has 0 radical (unpaired) electrons. The molecule has 0 amide bonds. The van der Waals surface area contributed by atoms with Crippen LogP contribution in [0.3, 0.4) is 0 Å². The van der Waals surface area contributed by atoms with Gasteiger partial charge in [0.25, 0.3) is 5.56 Å². The molecule has 2 aromatic rings. The number of nitrogens with zero attached hydrogens (tertiary/aromatic N) is 3. The first-order valence-electron chi connectivity index (χ1n) is 10.1. The van der Waals surface area contributed by atoms with E-state index in [0.29, 0.717) is 6.04 Å². The number of rotatable bonds is 9. The Labute approximate surface area is 160 Å². The molecule has 1 aliphatic carbocycles. The fourth-order valence-corrected chi connectivity index (χ4v) is 5.09. The number of unbranched alkanes of at least 4 members (excludes halogenated alkanes) is 1. The Hall–Kier alpha value is -1.24. The molecule has 1 atom stereocenters. The monoisotopic (exact) mass is 376 g/mol. The summed E-state index contributed by atoms with van der Waals surface area (Å²) in [5.41, 5.74) is 1.43. The van der Waals surface area contributed by atoms with Gasteiger partial charge in [-0.3, -0.25) is 9.36 Å². The Morgan fingerprint density at radius 2 is 2.15 bits per heavy atom. The lowest BCUT2D eigenvalue weighted by molar-refractivity contribution is 0.293. The van der Waals surface area contributed by atoms with Crippen molar-refractivity contribution in [2.45, 2.75) is 65.5 Å². The summed E-state index contributed by atoms with van der Waals surface area (Å²) in [5.74, 6) is 0. The second-order valence-corrected chi connectivity index (χ2v) is 8.28. The lowest BCUT2D eigenvalue weighted by Gasteiger charge is -2.25. The van der Waals surface area contributed by atoms with E-state index < -0.39 is 0 Å². The van der Waals surface area contributed by atoms with Crippen molar-refractivity contribution in [1.82, 2.24) is 19.8 Å². The highest BCUT2D eigenvalue weighted by molar-refractivity contribution is 7.18. The molecule has 2 heterocycles. The third kappa shape index (κ3) is 4.18. The smallest absolute Gasteiger partial charge is 0.262 e. The molecule has 0 bridgehead atoms. The van der Waals surface area contributed by atoms with Crippen LogP contribution in [-0.2, 0) is 19.4 Å². The first-order valence-corrected chi connectivity index (χ1v) is 10.9. The van der Waals surface area contributed by atoms with Crippen LogP contribution in [-0.4, -0.2) is 46.7 Å². The van der Waals surface area contributed by atoms with Crippen LogP contribution in [0.2, 0.25) is 0 Å². The van der Waals surface area contributed by atoms with Gasteiger partial charge in [0.1, 0.15) is 4.83 Å². The van der Waals surface area contributed by atoms with Crippen LogP contribution in [0.25, 0.3) is 10.2 Å². The van der Waals surface area contributed by atoms with E-state index in [-0.39, 0.29) is 5.56 Å². The van der Waals surface area contributed by atoms with Crippen molar-refractivity contribution in [3.8, 4) is 0 Å². The highest BCUT2D eigenvalue weighted by Gasteiger charge is 2.25. The summed E-state index contributed by atoms with van der Waals surface area (Å²) in [7, 11) is 0. The minimum Gasteiger partial charge on any atom is -0.312 e. The van der Waals surface area contributed by atoms with E-state index in [1.165, 1.54) is 10.4 Å². The van der Waals surface area contributed by atoms with Crippen LogP contribution in [0, 0.1) is 0 Å². The number of likely N-dealkylation sites (N-methyl/N-ethyl adjacent to an activating group) is 1. The van der Waals surface area contributed by atoms with Crippen LogP contribution in [0.5, 0.6) is 0 Å². The lowest BCUT2D eigenvalue weighted by Crippen LogP contribution is -2.39. The first-order chi connectivity index (χ1) is 12.7. The van der Waals surface area contributed by atoms with Gasteiger partial charge in [-0.2, -0.15) is 0 Å². The van der Waals surface area contributed by atoms with Gasteiger partial charge in [0.05, 0.1) is 11.7 Å². The van der Waals surface area contributed by atoms with Crippen molar-refractivity contribution in [1.29, 1.82) is 0 Å². The van der Waals surface area contributed by atoms with Gasteiger partial charge in [0, 0.05) is 30.6 Å². The molecule has 5 nitrogen and oxygen atoms in total. The van der Waals surface area contributed by atoms with Crippen molar-refractivity contribution in [2.24, 2.45) is 0 Å². The molecule has 2 aromatic heterocycles. The number of hydrogen-bond donors (Lipinski definition) is 1. The molecule has 0 spiro atoms. The Bertz CT molecular complexity index is 778. The molecular weight excluding hydrogens is 344 g/mol.